The van der Waals surface area contributed by atoms with Crippen molar-refractivity contribution in [2.75, 3.05) is 19.6 Å². The number of hydrogen-bond donors (Lipinski definition) is 2. The van der Waals surface area contributed by atoms with Crippen LogP contribution in [0.25, 0.3) is 16.7 Å². The van der Waals surface area contributed by atoms with Crippen LogP contribution < -0.4 is 10.9 Å². The Morgan fingerprint density at radius 2 is 1.90 bits per heavy atom. The summed E-state index contributed by atoms with van der Waals surface area (Å²) in [5.41, 5.74) is 1.20. The topological polar surface area (TPSA) is 95.9 Å². The predicted octanol–water partition coefficient (Wildman–Crippen LogP) is 2.80. The number of aromatic nitrogens is 4. The quantitative estimate of drug-likeness (QED) is 0.696. The molecule has 2 aliphatic rings. The molecule has 3 heterocycles. The largest absolute Gasteiger partial charge is 0.338 e. The number of H-pyrrole nitrogens is 1. The van der Waals surface area contributed by atoms with Gasteiger partial charge in [0.05, 0.1) is 17.8 Å². The van der Waals surface area contributed by atoms with Gasteiger partial charge in [0, 0.05) is 19.6 Å². The molecule has 0 bridgehead atoms. The van der Waals surface area contributed by atoms with Crippen molar-refractivity contribution in [3.63, 3.8) is 0 Å². The molecule has 0 unspecified atom stereocenters. The summed E-state index contributed by atoms with van der Waals surface area (Å²) >= 11 is 0. The number of likely N-dealkylation sites (tertiary alicyclic amines) is 1. The van der Waals surface area contributed by atoms with Gasteiger partial charge in [-0.25, -0.2) is 14.5 Å². The van der Waals surface area contributed by atoms with E-state index < -0.39 is 0 Å². The molecule has 156 valence electrons. The van der Waals surface area contributed by atoms with E-state index in [0.717, 1.165) is 12.2 Å². The predicted molar refractivity (Wildman–Crippen MR) is 114 cm³/mol. The first kappa shape index (κ1) is 18.8. The number of carbonyl (C=O) groups excluding carboxylic acids is 1. The van der Waals surface area contributed by atoms with Gasteiger partial charge < -0.3 is 15.2 Å². The number of amides is 2. The summed E-state index contributed by atoms with van der Waals surface area (Å²) in [6, 6.07) is 9.62. The Hall–Kier alpha value is -3.16. The Bertz CT molecular complexity index is 1090. The lowest BCUT2D eigenvalue weighted by Gasteiger charge is -2.38. The molecule has 1 aliphatic heterocycles. The van der Waals surface area contributed by atoms with Gasteiger partial charge in [-0.1, -0.05) is 37.5 Å². The third-order valence-electron chi connectivity index (χ3n) is 6.28. The molecule has 3 aromatic rings. The van der Waals surface area contributed by atoms with Crippen molar-refractivity contribution in [3.05, 3.63) is 52.7 Å². The highest BCUT2D eigenvalue weighted by Crippen LogP contribution is 2.26. The molecule has 8 nitrogen and oxygen atoms in total. The minimum Gasteiger partial charge on any atom is -0.338 e. The third-order valence-corrected chi connectivity index (χ3v) is 6.28. The van der Waals surface area contributed by atoms with E-state index in [1.165, 1.54) is 32.1 Å². The average Bonchev–Trinajstić information content (AvgIpc) is 3.17. The van der Waals surface area contributed by atoms with Crippen LogP contribution in [0.15, 0.2) is 41.3 Å². The molecular formula is C22H26N6O2. The number of urea groups is 1. The maximum absolute atomic E-state index is 12.5. The van der Waals surface area contributed by atoms with Crippen molar-refractivity contribution in [1.82, 2.24) is 30.0 Å². The summed E-state index contributed by atoms with van der Waals surface area (Å²) < 4.78 is 1.68. The molecule has 1 saturated heterocycles. The van der Waals surface area contributed by atoms with Crippen LogP contribution in [-0.4, -0.2) is 50.3 Å². The number of aromatic amines is 1. The van der Waals surface area contributed by atoms with Crippen molar-refractivity contribution in [2.24, 2.45) is 5.92 Å². The lowest BCUT2D eigenvalue weighted by atomic mass is 9.89. The maximum atomic E-state index is 12.5. The van der Waals surface area contributed by atoms with E-state index in [0.29, 0.717) is 35.9 Å². The normalized spacial score (nSPS) is 17.8. The highest BCUT2D eigenvalue weighted by atomic mass is 16.2. The van der Waals surface area contributed by atoms with Crippen molar-refractivity contribution in [3.8, 4) is 5.69 Å². The zero-order chi connectivity index (χ0) is 20.5. The van der Waals surface area contributed by atoms with Crippen LogP contribution in [0.2, 0.25) is 0 Å². The fourth-order valence-electron chi connectivity index (χ4n) is 4.44. The van der Waals surface area contributed by atoms with E-state index in [-0.39, 0.29) is 17.5 Å². The maximum Gasteiger partial charge on any atom is 0.317 e. The Morgan fingerprint density at radius 3 is 2.67 bits per heavy atom. The second-order valence-electron chi connectivity index (χ2n) is 8.37. The van der Waals surface area contributed by atoms with Gasteiger partial charge in [-0.2, -0.15) is 5.10 Å². The summed E-state index contributed by atoms with van der Waals surface area (Å²) in [6.07, 6.45) is 7.83. The molecule has 5 rings (SSSR count). The fourth-order valence-corrected chi connectivity index (χ4v) is 4.44. The van der Waals surface area contributed by atoms with Gasteiger partial charge in [0.25, 0.3) is 5.56 Å². The Balaban J connectivity index is 1.27. The number of carbonyl (C=O) groups is 1. The van der Waals surface area contributed by atoms with Crippen molar-refractivity contribution in [2.45, 2.75) is 38.0 Å². The molecule has 2 fully saturated rings. The number of rotatable bonds is 4. The number of nitrogens with one attached hydrogen (secondary N) is 2. The second-order valence-corrected chi connectivity index (χ2v) is 8.37. The smallest absolute Gasteiger partial charge is 0.317 e. The minimum absolute atomic E-state index is 0.0189. The number of hydrogen-bond acceptors (Lipinski definition) is 4. The summed E-state index contributed by atoms with van der Waals surface area (Å²) in [4.78, 5) is 34.3. The molecule has 2 amide bonds. The first-order valence-corrected chi connectivity index (χ1v) is 10.7. The van der Waals surface area contributed by atoms with Crippen LogP contribution in [0.4, 0.5) is 4.79 Å². The van der Waals surface area contributed by atoms with Crippen LogP contribution in [0.5, 0.6) is 0 Å². The first-order valence-electron chi connectivity index (χ1n) is 10.7. The van der Waals surface area contributed by atoms with Gasteiger partial charge in [0.15, 0.2) is 5.65 Å². The molecule has 30 heavy (non-hydrogen) atoms. The van der Waals surface area contributed by atoms with E-state index in [1.807, 2.05) is 30.3 Å². The summed E-state index contributed by atoms with van der Waals surface area (Å²) in [7, 11) is 0. The van der Waals surface area contributed by atoms with Gasteiger partial charge in [0.1, 0.15) is 11.2 Å². The molecule has 1 saturated carbocycles. The zero-order valence-corrected chi connectivity index (χ0v) is 16.9. The molecule has 1 aliphatic carbocycles. The third kappa shape index (κ3) is 3.58. The standard InChI is InChI=1S/C22H26N6O2/c29-21-18-12-24-28(17-9-5-2-6-10-17)20(18)25-19(26-21)16-13-27(14-16)22(30)23-11-15-7-3-1-4-8-15/h2,5-6,9-10,12,15-16H,1,3-4,7-8,11,13-14H2,(H,23,30)(H,25,26,29). The lowest BCUT2D eigenvalue weighted by molar-refractivity contribution is 0.146. The van der Waals surface area contributed by atoms with Gasteiger partial charge in [-0.15, -0.1) is 0 Å². The fraction of sp³-hybridized carbons (Fsp3) is 0.455. The van der Waals surface area contributed by atoms with Gasteiger partial charge in [0.2, 0.25) is 0 Å². The van der Waals surface area contributed by atoms with E-state index in [4.69, 9.17) is 4.98 Å². The van der Waals surface area contributed by atoms with Crippen LogP contribution in [0.1, 0.15) is 43.8 Å². The molecular weight excluding hydrogens is 380 g/mol. The monoisotopic (exact) mass is 406 g/mol. The molecule has 0 atom stereocenters. The number of para-hydroxylation sites is 1. The van der Waals surface area contributed by atoms with Gasteiger partial charge in [-0.3, -0.25) is 4.79 Å². The molecule has 2 aromatic heterocycles. The summed E-state index contributed by atoms with van der Waals surface area (Å²) in [6.45, 7) is 1.88. The minimum atomic E-state index is -0.197. The average molecular weight is 406 g/mol. The summed E-state index contributed by atoms with van der Waals surface area (Å²) in [5.74, 6) is 1.25. The molecule has 1 aromatic carbocycles. The molecule has 0 radical (unpaired) electrons. The van der Waals surface area contributed by atoms with E-state index >= 15 is 0 Å². The van der Waals surface area contributed by atoms with E-state index in [1.54, 1.807) is 15.8 Å². The molecule has 8 heteroatoms. The van der Waals surface area contributed by atoms with Crippen molar-refractivity contribution in [1.29, 1.82) is 0 Å². The van der Waals surface area contributed by atoms with Gasteiger partial charge in [-0.05, 0) is 30.9 Å². The summed E-state index contributed by atoms with van der Waals surface area (Å²) in [5, 5.41) is 7.88. The lowest BCUT2D eigenvalue weighted by Crippen LogP contribution is -2.53. The van der Waals surface area contributed by atoms with Crippen molar-refractivity contribution < 1.29 is 4.79 Å². The molecule has 0 spiro atoms. The number of fused-ring (bicyclic) bond motifs is 1. The highest BCUT2D eigenvalue weighted by Gasteiger charge is 2.34. The van der Waals surface area contributed by atoms with Crippen LogP contribution in [-0.2, 0) is 0 Å². The second kappa shape index (κ2) is 7.93. The number of nitrogens with zero attached hydrogens (tertiary/aromatic N) is 4. The highest BCUT2D eigenvalue weighted by molar-refractivity contribution is 5.76. The Morgan fingerprint density at radius 1 is 1.13 bits per heavy atom. The Labute approximate surface area is 174 Å². The SMILES string of the molecule is O=C(NCC1CCCCC1)N1CC(c2nc3c(cnn3-c3ccccc3)c(=O)[nH]2)C1. The van der Waals surface area contributed by atoms with Crippen LogP contribution in [0.3, 0.4) is 0 Å². The van der Waals surface area contributed by atoms with Crippen molar-refractivity contribution >= 4 is 17.1 Å². The van der Waals surface area contributed by atoms with Gasteiger partial charge >= 0.3 is 6.03 Å². The van der Waals surface area contributed by atoms with Crippen LogP contribution in [0, 0.1) is 5.92 Å². The van der Waals surface area contributed by atoms with Crippen LogP contribution >= 0.6 is 0 Å². The van der Waals surface area contributed by atoms with E-state index in [2.05, 4.69) is 15.4 Å². The first-order chi connectivity index (χ1) is 14.7. The number of benzene rings is 1. The molecule has 2 N–H and O–H groups in total. The zero-order valence-electron chi connectivity index (χ0n) is 16.9. The van der Waals surface area contributed by atoms with E-state index in [9.17, 15) is 9.59 Å². The Kier molecular flexibility index (Phi) is 4.98.